The Morgan fingerprint density at radius 3 is 2.45 bits per heavy atom. The van der Waals surface area contributed by atoms with Crippen molar-refractivity contribution >= 4 is 41.8 Å². The average Bonchev–Trinajstić information content (AvgIpc) is 2.64. The number of carbonyl (C=O) groups is 1. The van der Waals surface area contributed by atoms with E-state index in [1.807, 2.05) is 20.8 Å². The van der Waals surface area contributed by atoms with Gasteiger partial charge in [-0.25, -0.2) is 9.78 Å². The number of nitrogens with one attached hydrogen (secondary N) is 1. The fourth-order valence-electron chi connectivity index (χ4n) is 3.46. The van der Waals surface area contributed by atoms with Crippen LogP contribution in [0, 0.1) is 0 Å². The molecule has 0 atom stereocenters. The van der Waals surface area contributed by atoms with Crippen molar-refractivity contribution in [1.82, 2.24) is 19.4 Å². The molecule has 0 radical (unpaired) electrons. The molecular formula is C19H29Cl2N5O3. The van der Waals surface area contributed by atoms with Crippen LogP contribution >= 0.6 is 24.8 Å². The van der Waals surface area contributed by atoms with Gasteiger partial charge in [0.25, 0.3) is 11.5 Å². The quantitative estimate of drug-likeness (QED) is 0.746. The molecule has 1 saturated heterocycles. The van der Waals surface area contributed by atoms with E-state index >= 15 is 0 Å². The fourth-order valence-corrected chi connectivity index (χ4v) is 3.46. The molecule has 2 aromatic heterocycles. The topological polar surface area (TPSA) is 114 Å². The van der Waals surface area contributed by atoms with Gasteiger partial charge in [0, 0.05) is 31.4 Å². The number of hydrogen-bond acceptors (Lipinski definition) is 5. The zero-order chi connectivity index (χ0) is 19.7. The van der Waals surface area contributed by atoms with Crippen molar-refractivity contribution in [2.75, 3.05) is 13.1 Å². The molecule has 0 unspecified atom stereocenters. The second-order valence-corrected chi connectivity index (χ2v) is 7.49. The van der Waals surface area contributed by atoms with E-state index in [0.29, 0.717) is 37.3 Å². The smallest absolute Gasteiger partial charge is 0.329 e. The Labute approximate surface area is 181 Å². The van der Waals surface area contributed by atoms with Gasteiger partial charge in [-0.3, -0.25) is 19.1 Å². The van der Waals surface area contributed by atoms with Gasteiger partial charge in [0.05, 0.1) is 10.9 Å². The Morgan fingerprint density at radius 2 is 1.90 bits per heavy atom. The van der Waals surface area contributed by atoms with Gasteiger partial charge in [-0.2, -0.15) is 0 Å². The molecule has 0 saturated carbocycles. The van der Waals surface area contributed by atoms with Gasteiger partial charge in [0.2, 0.25) is 0 Å². The lowest BCUT2D eigenvalue weighted by Gasteiger charge is -2.30. The summed E-state index contributed by atoms with van der Waals surface area (Å²) in [6.45, 7) is 7.43. The lowest BCUT2D eigenvalue weighted by molar-refractivity contribution is 0.0716. The Morgan fingerprint density at radius 1 is 1.28 bits per heavy atom. The molecule has 0 bridgehead atoms. The van der Waals surface area contributed by atoms with Crippen molar-refractivity contribution in [3.63, 3.8) is 0 Å². The number of piperidine rings is 1. The summed E-state index contributed by atoms with van der Waals surface area (Å²) >= 11 is 0. The number of nitrogens with two attached hydrogens (primary N) is 1. The number of rotatable bonds is 4. The number of likely N-dealkylation sites (tertiary alicyclic amines) is 1. The van der Waals surface area contributed by atoms with Gasteiger partial charge in [0.1, 0.15) is 0 Å². The van der Waals surface area contributed by atoms with Crippen molar-refractivity contribution in [2.24, 2.45) is 5.73 Å². The predicted molar refractivity (Wildman–Crippen MR) is 119 cm³/mol. The molecule has 10 heteroatoms. The third-order valence-corrected chi connectivity index (χ3v) is 5.06. The highest BCUT2D eigenvalue weighted by Crippen LogP contribution is 2.22. The minimum absolute atomic E-state index is 0. The van der Waals surface area contributed by atoms with E-state index < -0.39 is 11.2 Å². The number of carbonyl (C=O) groups excluding carboxylic acids is 1. The van der Waals surface area contributed by atoms with Crippen LogP contribution in [-0.2, 0) is 6.54 Å². The summed E-state index contributed by atoms with van der Waals surface area (Å²) in [6.07, 6.45) is 2.19. The molecule has 3 rings (SSSR count). The number of halogens is 2. The lowest BCUT2D eigenvalue weighted by atomic mass is 10.0. The molecule has 162 valence electrons. The molecule has 0 spiro atoms. The van der Waals surface area contributed by atoms with E-state index in [1.54, 1.807) is 11.0 Å². The van der Waals surface area contributed by atoms with Crippen molar-refractivity contribution in [2.45, 2.75) is 58.5 Å². The molecule has 1 amide bonds. The first-order valence-corrected chi connectivity index (χ1v) is 9.56. The van der Waals surface area contributed by atoms with Crippen LogP contribution in [-0.4, -0.2) is 44.5 Å². The molecule has 3 heterocycles. The van der Waals surface area contributed by atoms with Crippen molar-refractivity contribution in [1.29, 1.82) is 0 Å². The van der Waals surface area contributed by atoms with Gasteiger partial charge in [0.15, 0.2) is 5.65 Å². The normalized spacial score (nSPS) is 14.6. The van der Waals surface area contributed by atoms with Crippen LogP contribution in [0.25, 0.3) is 11.0 Å². The number of amides is 1. The molecule has 1 aliphatic rings. The predicted octanol–water partition coefficient (Wildman–Crippen LogP) is 2.03. The van der Waals surface area contributed by atoms with Crippen LogP contribution in [0.15, 0.2) is 15.7 Å². The largest absolute Gasteiger partial charge is 0.339 e. The van der Waals surface area contributed by atoms with Crippen LogP contribution < -0.4 is 17.0 Å². The Hall–Kier alpha value is -1.90. The van der Waals surface area contributed by atoms with Gasteiger partial charge in [-0.1, -0.05) is 20.8 Å². The maximum atomic E-state index is 13.2. The second-order valence-electron chi connectivity index (χ2n) is 7.49. The van der Waals surface area contributed by atoms with Crippen LogP contribution in [0.3, 0.4) is 0 Å². The van der Waals surface area contributed by atoms with Crippen LogP contribution in [0.1, 0.15) is 62.0 Å². The van der Waals surface area contributed by atoms with Gasteiger partial charge < -0.3 is 10.6 Å². The second kappa shape index (κ2) is 10.2. The van der Waals surface area contributed by atoms with Crippen LogP contribution in [0.4, 0.5) is 0 Å². The minimum Gasteiger partial charge on any atom is -0.339 e. The van der Waals surface area contributed by atoms with E-state index in [2.05, 4.69) is 9.97 Å². The average molecular weight is 446 g/mol. The monoisotopic (exact) mass is 445 g/mol. The molecule has 2 aromatic rings. The summed E-state index contributed by atoms with van der Waals surface area (Å²) in [5.41, 5.74) is 6.17. The Bertz CT molecular complexity index is 978. The summed E-state index contributed by atoms with van der Waals surface area (Å²) in [7, 11) is 0. The highest BCUT2D eigenvalue weighted by molar-refractivity contribution is 6.05. The number of aromatic amines is 1. The van der Waals surface area contributed by atoms with Gasteiger partial charge in [-0.15, -0.1) is 24.8 Å². The summed E-state index contributed by atoms with van der Waals surface area (Å²) in [5, 5.41) is 0.187. The number of fused-ring (bicyclic) bond motifs is 1. The summed E-state index contributed by atoms with van der Waals surface area (Å²) in [5.74, 6) is -0.149. The van der Waals surface area contributed by atoms with E-state index in [0.717, 1.165) is 12.8 Å². The van der Waals surface area contributed by atoms with Crippen molar-refractivity contribution < 1.29 is 4.79 Å². The summed E-state index contributed by atoms with van der Waals surface area (Å²) in [4.78, 5) is 46.8. The molecule has 0 aromatic carbocycles. The molecule has 1 aliphatic heterocycles. The lowest BCUT2D eigenvalue weighted by Crippen LogP contribution is -2.43. The van der Waals surface area contributed by atoms with Gasteiger partial charge >= 0.3 is 5.69 Å². The zero-order valence-corrected chi connectivity index (χ0v) is 18.6. The highest BCUT2D eigenvalue weighted by Gasteiger charge is 2.26. The number of aryl methyl sites for hydroxylation is 1. The van der Waals surface area contributed by atoms with Crippen LogP contribution in [0.2, 0.25) is 0 Å². The van der Waals surface area contributed by atoms with Crippen LogP contribution in [0.5, 0.6) is 0 Å². The number of pyridine rings is 1. The molecule has 29 heavy (non-hydrogen) atoms. The maximum absolute atomic E-state index is 13.2. The fraction of sp³-hybridized carbons (Fsp3) is 0.579. The number of aromatic nitrogens is 3. The molecule has 8 nitrogen and oxygen atoms in total. The highest BCUT2D eigenvalue weighted by atomic mass is 35.5. The van der Waals surface area contributed by atoms with E-state index in [1.165, 1.54) is 4.57 Å². The first kappa shape index (κ1) is 25.1. The zero-order valence-electron chi connectivity index (χ0n) is 16.9. The standard InChI is InChI=1S/C19H27N5O3.2ClH/c1-4-7-24-16-15(17(25)22-19(24)27)13(10-14(21-16)11(2)3)18(26)23-8-5-12(20)6-9-23;;/h10-12H,4-9,20H2,1-3H3,(H,22,25,27);2*1H. The third kappa shape index (κ3) is 4.99. The van der Waals surface area contributed by atoms with Gasteiger partial charge in [-0.05, 0) is 31.2 Å². The number of nitrogens with zero attached hydrogens (tertiary/aromatic N) is 3. The molecule has 0 aliphatic carbocycles. The van der Waals surface area contributed by atoms with E-state index in [9.17, 15) is 14.4 Å². The summed E-state index contributed by atoms with van der Waals surface area (Å²) in [6, 6.07) is 1.80. The third-order valence-electron chi connectivity index (χ3n) is 5.06. The first-order chi connectivity index (χ1) is 12.8. The first-order valence-electron chi connectivity index (χ1n) is 9.56. The minimum atomic E-state index is -0.567. The van der Waals surface area contributed by atoms with Crippen molar-refractivity contribution in [3.8, 4) is 0 Å². The SMILES string of the molecule is CCCn1c(=O)[nH]c(=O)c2c(C(=O)N3CCC(N)CC3)cc(C(C)C)nc21.Cl.Cl. The summed E-state index contributed by atoms with van der Waals surface area (Å²) < 4.78 is 1.45. The maximum Gasteiger partial charge on any atom is 0.329 e. The van der Waals surface area contributed by atoms with E-state index in [-0.39, 0.29) is 53.7 Å². The molecule has 3 N–H and O–H groups in total. The Kier molecular flexibility index (Phi) is 8.86. The number of hydrogen-bond donors (Lipinski definition) is 2. The molecular weight excluding hydrogens is 417 g/mol. The van der Waals surface area contributed by atoms with E-state index in [4.69, 9.17) is 5.73 Å². The Balaban J connectivity index is 0.00000210. The van der Waals surface area contributed by atoms with Crippen molar-refractivity contribution in [3.05, 3.63) is 38.2 Å². The molecule has 1 fully saturated rings. The number of H-pyrrole nitrogens is 1.